The number of halogens is 1. The van der Waals surface area contributed by atoms with Crippen molar-refractivity contribution < 1.29 is 8.81 Å². The molecule has 3 rings (SSSR count). The van der Waals surface area contributed by atoms with E-state index in [1.165, 1.54) is 10.7 Å². The maximum atomic E-state index is 13.6. The first-order chi connectivity index (χ1) is 9.74. The summed E-state index contributed by atoms with van der Waals surface area (Å²) in [6.45, 7) is 0.419. The smallest absolute Gasteiger partial charge is 0.243 e. The molecule has 3 aromatic rings. The zero-order valence-corrected chi connectivity index (χ0v) is 10.7. The van der Waals surface area contributed by atoms with Gasteiger partial charge in [-0.05, 0) is 34.7 Å². The van der Waals surface area contributed by atoms with E-state index in [0.717, 1.165) is 0 Å². The Labute approximate surface area is 114 Å². The number of benzene rings is 1. The predicted octanol–water partition coefficient (Wildman–Crippen LogP) is 2.22. The Morgan fingerprint density at radius 2 is 2.10 bits per heavy atom. The number of rotatable bonds is 4. The summed E-state index contributed by atoms with van der Waals surface area (Å²) in [7, 11) is 1.73. The second-order valence-corrected chi connectivity index (χ2v) is 4.23. The Morgan fingerprint density at radius 3 is 2.85 bits per heavy atom. The molecule has 0 fully saturated rings. The Kier molecular flexibility index (Phi) is 3.16. The Hall–Kier alpha value is -2.70. The molecule has 1 N–H and O–H groups in total. The lowest BCUT2D eigenvalue weighted by Gasteiger charge is -2.01. The maximum Gasteiger partial charge on any atom is 0.243 e. The Balaban J connectivity index is 1.74. The number of aryl methyl sites for hydroxylation is 1. The van der Waals surface area contributed by atoms with Crippen molar-refractivity contribution in [3.63, 3.8) is 0 Å². The summed E-state index contributed by atoms with van der Waals surface area (Å²) in [5, 5.41) is 14.1. The van der Waals surface area contributed by atoms with Gasteiger partial charge in [-0.2, -0.15) is 0 Å². The second kappa shape index (κ2) is 5.12. The van der Waals surface area contributed by atoms with E-state index in [0.29, 0.717) is 29.6 Å². The zero-order valence-electron chi connectivity index (χ0n) is 10.7. The number of nitrogens with one attached hydrogen (secondary N) is 1. The molecule has 1 aromatic carbocycles. The maximum absolute atomic E-state index is 13.6. The van der Waals surface area contributed by atoms with Gasteiger partial charge in [-0.15, -0.1) is 0 Å². The van der Waals surface area contributed by atoms with Crippen LogP contribution in [0.4, 0.5) is 10.3 Å². The summed E-state index contributed by atoms with van der Waals surface area (Å²) in [6, 6.07) is 10.0. The Morgan fingerprint density at radius 1 is 1.25 bits per heavy atom. The van der Waals surface area contributed by atoms with Crippen molar-refractivity contribution in [1.29, 1.82) is 0 Å². The molecule has 102 valence electrons. The molecule has 0 radical (unpaired) electrons. The van der Waals surface area contributed by atoms with E-state index in [2.05, 4.69) is 20.8 Å². The summed E-state index contributed by atoms with van der Waals surface area (Å²) >= 11 is 0. The summed E-state index contributed by atoms with van der Waals surface area (Å²) in [5.41, 5.74) is 0.444. The zero-order chi connectivity index (χ0) is 13.9. The van der Waals surface area contributed by atoms with Crippen LogP contribution in [0, 0.1) is 5.82 Å². The predicted molar refractivity (Wildman–Crippen MR) is 70.2 cm³/mol. The average Bonchev–Trinajstić information content (AvgIpc) is 3.06. The molecule has 0 spiro atoms. The van der Waals surface area contributed by atoms with Crippen LogP contribution in [0.3, 0.4) is 0 Å². The van der Waals surface area contributed by atoms with E-state index in [1.54, 1.807) is 37.4 Å². The highest BCUT2D eigenvalue weighted by Gasteiger charge is 2.09. The molecule has 0 aliphatic heterocycles. The molecule has 7 heteroatoms. The Bertz CT molecular complexity index is 721. The molecule has 0 saturated heterocycles. The van der Waals surface area contributed by atoms with Gasteiger partial charge in [0.05, 0.1) is 12.1 Å². The van der Waals surface area contributed by atoms with E-state index < -0.39 is 0 Å². The summed E-state index contributed by atoms with van der Waals surface area (Å²) in [5.74, 6) is 1.40. The highest BCUT2D eigenvalue weighted by molar-refractivity contribution is 5.58. The fraction of sp³-hybridized carbons (Fsp3) is 0.154. The van der Waals surface area contributed by atoms with E-state index >= 15 is 0 Å². The van der Waals surface area contributed by atoms with Gasteiger partial charge in [0.2, 0.25) is 5.95 Å². The fourth-order valence-corrected chi connectivity index (χ4v) is 1.82. The van der Waals surface area contributed by atoms with Gasteiger partial charge >= 0.3 is 0 Å². The molecule has 0 unspecified atom stereocenters. The van der Waals surface area contributed by atoms with Crippen LogP contribution in [0.2, 0.25) is 0 Å². The van der Waals surface area contributed by atoms with Crippen molar-refractivity contribution in [1.82, 2.24) is 20.2 Å². The number of aromatic nitrogens is 4. The van der Waals surface area contributed by atoms with Crippen LogP contribution in [-0.4, -0.2) is 20.2 Å². The van der Waals surface area contributed by atoms with E-state index in [-0.39, 0.29) is 5.82 Å². The molecule has 6 nitrogen and oxygen atoms in total. The summed E-state index contributed by atoms with van der Waals surface area (Å²) in [4.78, 5) is 0. The second-order valence-electron chi connectivity index (χ2n) is 4.23. The highest BCUT2D eigenvalue weighted by atomic mass is 19.1. The van der Waals surface area contributed by atoms with E-state index in [9.17, 15) is 4.39 Å². The monoisotopic (exact) mass is 273 g/mol. The van der Waals surface area contributed by atoms with Crippen LogP contribution in [0.15, 0.2) is 40.8 Å². The third-order valence-corrected chi connectivity index (χ3v) is 2.84. The summed E-state index contributed by atoms with van der Waals surface area (Å²) < 4.78 is 20.8. The molecule has 2 aromatic heterocycles. The number of hydrogen-bond donors (Lipinski definition) is 1. The molecule has 0 aliphatic carbocycles. The SMILES string of the molecule is Cn1nnnc1NCc1ccc(-c2ccccc2F)o1. The van der Waals surface area contributed by atoms with Gasteiger partial charge in [0.1, 0.15) is 17.3 Å². The number of nitrogens with zero attached hydrogens (tertiary/aromatic N) is 4. The van der Waals surface area contributed by atoms with Crippen molar-refractivity contribution in [3.8, 4) is 11.3 Å². The minimum Gasteiger partial charge on any atom is -0.459 e. The molecule has 0 bridgehead atoms. The largest absolute Gasteiger partial charge is 0.459 e. The van der Waals surface area contributed by atoms with Crippen LogP contribution in [0.25, 0.3) is 11.3 Å². The third-order valence-electron chi connectivity index (χ3n) is 2.84. The van der Waals surface area contributed by atoms with Gasteiger partial charge in [-0.3, -0.25) is 0 Å². The van der Waals surface area contributed by atoms with Crippen LogP contribution >= 0.6 is 0 Å². The third kappa shape index (κ3) is 2.37. The van der Waals surface area contributed by atoms with Gasteiger partial charge in [-0.25, -0.2) is 9.07 Å². The lowest BCUT2D eigenvalue weighted by Crippen LogP contribution is -2.04. The van der Waals surface area contributed by atoms with Crippen LogP contribution in [0.5, 0.6) is 0 Å². The quantitative estimate of drug-likeness (QED) is 0.789. The molecule has 0 saturated carbocycles. The van der Waals surface area contributed by atoms with Crippen LogP contribution in [-0.2, 0) is 13.6 Å². The number of furan rings is 1. The average molecular weight is 273 g/mol. The van der Waals surface area contributed by atoms with Crippen molar-refractivity contribution in [2.75, 3.05) is 5.32 Å². The van der Waals surface area contributed by atoms with Crippen molar-refractivity contribution in [2.45, 2.75) is 6.54 Å². The van der Waals surface area contributed by atoms with E-state index in [4.69, 9.17) is 4.42 Å². The normalized spacial score (nSPS) is 10.7. The molecule has 0 atom stereocenters. The summed E-state index contributed by atoms with van der Waals surface area (Å²) in [6.07, 6.45) is 0. The molecular formula is C13H12FN5O. The molecule has 0 amide bonds. The fourth-order valence-electron chi connectivity index (χ4n) is 1.82. The van der Waals surface area contributed by atoms with Gasteiger partial charge < -0.3 is 9.73 Å². The highest BCUT2D eigenvalue weighted by Crippen LogP contribution is 2.24. The van der Waals surface area contributed by atoms with Gasteiger partial charge in [-0.1, -0.05) is 17.2 Å². The molecule has 20 heavy (non-hydrogen) atoms. The van der Waals surface area contributed by atoms with Crippen molar-refractivity contribution in [3.05, 3.63) is 48.0 Å². The van der Waals surface area contributed by atoms with Crippen LogP contribution in [0.1, 0.15) is 5.76 Å². The minimum absolute atomic E-state index is 0.307. The number of anilines is 1. The number of hydrogen-bond acceptors (Lipinski definition) is 5. The van der Waals surface area contributed by atoms with Gasteiger partial charge in [0, 0.05) is 7.05 Å². The van der Waals surface area contributed by atoms with E-state index in [1.807, 2.05) is 0 Å². The number of tetrazole rings is 1. The first-order valence-electron chi connectivity index (χ1n) is 6.04. The molecular weight excluding hydrogens is 261 g/mol. The minimum atomic E-state index is -0.307. The first kappa shape index (κ1) is 12.3. The van der Waals surface area contributed by atoms with Crippen LogP contribution < -0.4 is 5.32 Å². The lowest BCUT2D eigenvalue weighted by atomic mass is 10.1. The topological polar surface area (TPSA) is 68.8 Å². The van der Waals surface area contributed by atoms with Crippen molar-refractivity contribution >= 4 is 5.95 Å². The van der Waals surface area contributed by atoms with Gasteiger partial charge in [0.25, 0.3) is 0 Å². The first-order valence-corrected chi connectivity index (χ1v) is 6.04. The lowest BCUT2D eigenvalue weighted by molar-refractivity contribution is 0.524. The molecule has 2 heterocycles. The van der Waals surface area contributed by atoms with Gasteiger partial charge in [0.15, 0.2) is 0 Å². The van der Waals surface area contributed by atoms with Crippen molar-refractivity contribution in [2.24, 2.45) is 7.05 Å². The standard InChI is InChI=1S/C13H12FN5O/c1-19-13(16-17-18-19)15-8-9-6-7-12(20-9)10-4-2-3-5-11(10)14/h2-7H,8H2,1H3,(H,15,16,18). The molecule has 0 aliphatic rings.